The highest BCUT2D eigenvalue weighted by molar-refractivity contribution is 6.05. The summed E-state index contributed by atoms with van der Waals surface area (Å²) in [6, 6.07) is 19.4. The number of alkyl halides is 3. The third-order valence-corrected chi connectivity index (χ3v) is 4.98. The number of aryl methyl sites for hydroxylation is 1. The molecular formula is C25H24F3N3O3. The van der Waals surface area contributed by atoms with Crippen LogP contribution in [0.15, 0.2) is 72.8 Å². The van der Waals surface area contributed by atoms with Gasteiger partial charge in [0.25, 0.3) is 5.91 Å². The molecule has 0 unspecified atom stereocenters. The Morgan fingerprint density at radius 1 is 0.971 bits per heavy atom. The van der Waals surface area contributed by atoms with Gasteiger partial charge in [-0.1, -0.05) is 54.1 Å². The van der Waals surface area contributed by atoms with Gasteiger partial charge in [0.1, 0.15) is 6.10 Å². The van der Waals surface area contributed by atoms with Crippen molar-refractivity contribution in [3.05, 3.63) is 95.1 Å². The summed E-state index contributed by atoms with van der Waals surface area (Å²) in [6.45, 7) is 2.03. The number of benzene rings is 3. The van der Waals surface area contributed by atoms with E-state index in [1.54, 1.807) is 36.4 Å². The molecule has 2 amide bonds. The molecule has 1 atom stereocenters. The zero-order valence-corrected chi connectivity index (χ0v) is 18.4. The number of anilines is 2. The second kappa shape index (κ2) is 10.7. The lowest BCUT2D eigenvalue weighted by Crippen LogP contribution is -2.27. The zero-order chi connectivity index (χ0) is 24.7. The Hall–Kier alpha value is -4.01. The number of hydrogen-bond donors (Lipinski definition) is 3. The summed E-state index contributed by atoms with van der Waals surface area (Å²) in [7, 11) is 0. The van der Waals surface area contributed by atoms with Crippen molar-refractivity contribution in [3.8, 4) is 0 Å². The SMILES string of the molecule is Cc1ccc(CNC(=O)O[C@H](CC(F)(F)F)c2ccc(C(=O)Nc3ccccc3N)cc2)cc1. The number of carbonyl (C=O) groups is 2. The summed E-state index contributed by atoms with van der Waals surface area (Å²) in [5, 5.41) is 5.10. The topological polar surface area (TPSA) is 93.4 Å². The van der Waals surface area contributed by atoms with Crippen molar-refractivity contribution in [2.75, 3.05) is 11.1 Å². The van der Waals surface area contributed by atoms with Gasteiger partial charge in [0.2, 0.25) is 0 Å². The molecule has 0 fully saturated rings. The highest BCUT2D eigenvalue weighted by Gasteiger charge is 2.35. The van der Waals surface area contributed by atoms with Gasteiger partial charge < -0.3 is 21.1 Å². The molecule has 0 aliphatic carbocycles. The molecule has 0 heterocycles. The molecule has 0 aromatic heterocycles. The Kier molecular flexibility index (Phi) is 7.78. The maximum atomic E-state index is 13.1. The molecule has 9 heteroatoms. The van der Waals surface area contributed by atoms with E-state index in [2.05, 4.69) is 10.6 Å². The number of nitrogens with two attached hydrogens (primary N) is 1. The minimum Gasteiger partial charge on any atom is -0.441 e. The number of nitrogen functional groups attached to an aromatic ring is 1. The van der Waals surface area contributed by atoms with Gasteiger partial charge in [-0.05, 0) is 42.3 Å². The fourth-order valence-electron chi connectivity index (χ4n) is 3.14. The second-order valence-electron chi connectivity index (χ2n) is 7.72. The highest BCUT2D eigenvalue weighted by atomic mass is 19.4. The number of rotatable bonds is 7. The van der Waals surface area contributed by atoms with E-state index >= 15 is 0 Å². The molecule has 0 bridgehead atoms. The third-order valence-electron chi connectivity index (χ3n) is 4.98. The number of halogens is 3. The first-order valence-electron chi connectivity index (χ1n) is 10.4. The Morgan fingerprint density at radius 3 is 2.24 bits per heavy atom. The fourth-order valence-corrected chi connectivity index (χ4v) is 3.14. The van der Waals surface area contributed by atoms with E-state index in [4.69, 9.17) is 10.5 Å². The minimum absolute atomic E-state index is 0.110. The summed E-state index contributed by atoms with van der Waals surface area (Å²) in [6.07, 6.45) is -8.48. The summed E-state index contributed by atoms with van der Waals surface area (Å²) in [5.74, 6) is -0.478. The normalized spacial score (nSPS) is 12.0. The fraction of sp³-hybridized carbons (Fsp3) is 0.200. The number of carbonyl (C=O) groups excluding carboxylic acids is 2. The third kappa shape index (κ3) is 7.26. The first-order valence-corrected chi connectivity index (χ1v) is 10.4. The van der Waals surface area contributed by atoms with Crippen LogP contribution in [0.1, 0.15) is 39.6 Å². The Labute approximate surface area is 194 Å². The molecule has 6 nitrogen and oxygen atoms in total. The van der Waals surface area contributed by atoms with E-state index in [0.717, 1.165) is 11.1 Å². The summed E-state index contributed by atoms with van der Waals surface area (Å²) in [4.78, 5) is 24.6. The summed E-state index contributed by atoms with van der Waals surface area (Å²) >= 11 is 0. The highest BCUT2D eigenvalue weighted by Crippen LogP contribution is 2.32. The molecule has 0 saturated heterocycles. The number of nitrogens with one attached hydrogen (secondary N) is 2. The molecule has 4 N–H and O–H groups in total. The Morgan fingerprint density at radius 2 is 1.62 bits per heavy atom. The van der Waals surface area contributed by atoms with Gasteiger partial charge in [0.15, 0.2) is 0 Å². The Balaban J connectivity index is 1.67. The Bertz CT molecular complexity index is 1130. The number of hydrogen-bond acceptors (Lipinski definition) is 4. The van der Waals surface area contributed by atoms with Gasteiger partial charge in [0.05, 0.1) is 17.8 Å². The predicted octanol–water partition coefficient (Wildman–Crippen LogP) is 5.75. The van der Waals surface area contributed by atoms with Crippen LogP contribution in [0.3, 0.4) is 0 Å². The van der Waals surface area contributed by atoms with Crippen molar-refractivity contribution in [1.29, 1.82) is 0 Å². The monoisotopic (exact) mass is 471 g/mol. The van der Waals surface area contributed by atoms with Crippen LogP contribution >= 0.6 is 0 Å². The number of alkyl carbamates (subject to hydrolysis) is 1. The van der Waals surface area contributed by atoms with Crippen molar-refractivity contribution in [2.24, 2.45) is 0 Å². The smallest absolute Gasteiger partial charge is 0.408 e. The largest absolute Gasteiger partial charge is 0.441 e. The van der Waals surface area contributed by atoms with Crippen molar-refractivity contribution in [2.45, 2.75) is 32.2 Å². The van der Waals surface area contributed by atoms with E-state index in [9.17, 15) is 22.8 Å². The van der Waals surface area contributed by atoms with Crippen molar-refractivity contribution in [3.63, 3.8) is 0 Å². The first-order chi connectivity index (χ1) is 16.1. The maximum Gasteiger partial charge on any atom is 0.408 e. The summed E-state index contributed by atoms with van der Waals surface area (Å²) in [5.41, 5.74) is 8.75. The zero-order valence-electron chi connectivity index (χ0n) is 18.4. The van der Waals surface area contributed by atoms with E-state index in [-0.39, 0.29) is 17.7 Å². The van der Waals surface area contributed by atoms with Crippen LogP contribution in [-0.4, -0.2) is 18.2 Å². The van der Waals surface area contributed by atoms with Crippen LogP contribution in [0.4, 0.5) is 29.3 Å². The van der Waals surface area contributed by atoms with Crippen molar-refractivity contribution in [1.82, 2.24) is 5.32 Å². The van der Waals surface area contributed by atoms with E-state index in [1.165, 1.54) is 24.3 Å². The molecule has 0 radical (unpaired) electrons. The first kappa shape index (κ1) is 24.6. The number of amides is 2. The standard InChI is InChI=1S/C25H24F3N3O3/c1-16-6-8-17(9-7-16)15-30-24(33)34-22(14-25(26,27)28)18-10-12-19(13-11-18)23(32)31-21-5-3-2-4-20(21)29/h2-13,22H,14-15,29H2,1H3,(H,30,33)(H,31,32)/t22-/m1/s1. The summed E-state index contributed by atoms with van der Waals surface area (Å²) < 4.78 is 44.5. The van der Waals surface area contributed by atoms with Crippen LogP contribution in [-0.2, 0) is 11.3 Å². The molecule has 0 spiro atoms. The number of ether oxygens (including phenoxy) is 1. The van der Waals surface area contributed by atoms with Crippen LogP contribution in [0, 0.1) is 6.92 Å². The van der Waals surface area contributed by atoms with Gasteiger partial charge in [-0.2, -0.15) is 13.2 Å². The second-order valence-corrected chi connectivity index (χ2v) is 7.72. The lowest BCUT2D eigenvalue weighted by Gasteiger charge is -2.20. The van der Waals surface area contributed by atoms with E-state index < -0.39 is 30.7 Å². The minimum atomic E-state index is -4.57. The molecule has 34 heavy (non-hydrogen) atoms. The van der Waals surface area contributed by atoms with Crippen LogP contribution in [0.25, 0.3) is 0 Å². The van der Waals surface area contributed by atoms with Crippen molar-refractivity contribution >= 4 is 23.4 Å². The van der Waals surface area contributed by atoms with Crippen molar-refractivity contribution < 1.29 is 27.5 Å². The van der Waals surface area contributed by atoms with Crippen LogP contribution < -0.4 is 16.4 Å². The molecule has 0 saturated carbocycles. The maximum absolute atomic E-state index is 13.1. The average molecular weight is 471 g/mol. The predicted molar refractivity (Wildman–Crippen MR) is 123 cm³/mol. The van der Waals surface area contributed by atoms with Gasteiger partial charge >= 0.3 is 12.3 Å². The molecule has 3 aromatic rings. The van der Waals surface area contributed by atoms with Gasteiger partial charge in [-0.15, -0.1) is 0 Å². The molecule has 0 aliphatic rings. The molecule has 178 valence electrons. The van der Waals surface area contributed by atoms with Gasteiger partial charge in [0, 0.05) is 12.1 Å². The van der Waals surface area contributed by atoms with Crippen LogP contribution in [0.2, 0.25) is 0 Å². The molecule has 3 rings (SSSR count). The lowest BCUT2D eigenvalue weighted by atomic mass is 10.0. The molecular weight excluding hydrogens is 447 g/mol. The average Bonchev–Trinajstić information content (AvgIpc) is 2.79. The van der Waals surface area contributed by atoms with Crippen LogP contribution in [0.5, 0.6) is 0 Å². The van der Waals surface area contributed by atoms with E-state index in [1.807, 2.05) is 19.1 Å². The lowest BCUT2D eigenvalue weighted by molar-refractivity contribution is -0.154. The molecule has 3 aromatic carbocycles. The molecule has 0 aliphatic heterocycles. The van der Waals surface area contributed by atoms with Gasteiger partial charge in [-0.25, -0.2) is 4.79 Å². The number of para-hydroxylation sites is 2. The van der Waals surface area contributed by atoms with Gasteiger partial charge in [-0.3, -0.25) is 4.79 Å². The quantitative estimate of drug-likeness (QED) is 0.383. The van der Waals surface area contributed by atoms with E-state index in [0.29, 0.717) is 11.4 Å².